The minimum absolute atomic E-state index is 0.605. The lowest BCUT2D eigenvalue weighted by molar-refractivity contribution is 0.914. The number of nitrogens with one attached hydrogen (secondary N) is 1. The van der Waals surface area contributed by atoms with Crippen LogP contribution in [0.5, 0.6) is 0 Å². The van der Waals surface area contributed by atoms with Crippen LogP contribution in [-0.4, -0.2) is 24.5 Å². The van der Waals surface area contributed by atoms with Crippen LogP contribution in [0.1, 0.15) is 11.4 Å². The predicted molar refractivity (Wildman–Crippen MR) is 108 cm³/mol. The third-order valence-electron chi connectivity index (χ3n) is 4.42. The third-order valence-corrected chi connectivity index (χ3v) is 5.14. The molecule has 3 heterocycles. The van der Waals surface area contributed by atoms with Gasteiger partial charge in [-0.15, -0.1) is 11.3 Å². The second-order valence-electron chi connectivity index (χ2n) is 6.20. The first kappa shape index (κ1) is 15.9. The number of aryl methyl sites for hydroxylation is 1. The molecule has 0 unspecified atom stereocenters. The predicted octanol–water partition coefficient (Wildman–Crippen LogP) is 4.35. The van der Waals surface area contributed by atoms with E-state index in [0.717, 1.165) is 33.0 Å². The van der Waals surface area contributed by atoms with Gasteiger partial charge in [-0.05, 0) is 24.6 Å². The van der Waals surface area contributed by atoms with Crippen LogP contribution in [0.3, 0.4) is 0 Å². The molecule has 2 aromatic carbocycles. The molecule has 0 spiro atoms. The van der Waals surface area contributed by atoms with Crippen LogP contribution in [0.25, 0.3) is 27.3 Å². The van der Waals surface area contributed by atoms with Gasteiger partial charge >= 0.3 is 0 Å². The molecule has 0 radical (unpaired) electrons. The minimum atomic E-state index is 0.605. The monoisotopic (exact) mass is 372 g/mol. The molecule has 3 aromatic heterocycles. The molecule has 6 nitrogen and oxygen atoms in total. The fraction of sp³-hybridized carbons (Fsp3) is 0.100. The number of aromatic nitrogens is 5. The Balaban J connectivity index is 1.62. The van der Waals surface area contributed by atoms with Crippen molar-refractivity contribution in [1.29, 1.82) is 0 Å². The Hall–Kier alpha value is -3.32. The Morgan fingerprint density at radius 1 is 0.963 bits per heavy atom. The Bertz CT molecular complexity index is 1240. The molecule has 5 rings (SSSR count). The van der Waals surface area contributed by atoms with Gasteiger partial charge in [0.15, 0.2) is 10.6 Å². The van der Waals surface area contributed by atoms with E-state index < -0.39 is 0 Å². The number of hydrogen-bond donors (Lipinski definition) is 1. The van der Waals surface area contributed by atoms with E-state index in [1.807, 2.05) is 54.0 Å². The molecule has 0 amide bonds. The number of benzene rings is 2. The fourth-order valence-corrected chi connectivity index (χ4v) is 3.81. The molecule has 7 heteroatoms. The van der Waals surface area contributed by atoms with Gasteiger partial charge in [-0.3, -0.25) is 4.57 Å². The lowest BCUT2D eigenvalue weighted by Crippen LogP contribution is -2.08. The van der Waals surface area contributed by atoms with Gasteiger partial charge in [0.2, 0.25) is 5.95 Å². The molecular weight excluding hydrogens is 356 g/mol. The molecule has 0 saturated carbocycles. The topological polar surface area (TPSA) is 68.5 Å². The SMILES string of the molecule is Cc1nc2ccccc2n1-c1nc(NCc2ccccc2)c2ncsc2n1. The van der Waals surface area contributed by atoms with Crippen LogP contribution in [0.15, 0.2) is 60.1 Å². The zero-order valence-electron chi connectivity index (χ0n) is 14.6. The van der Waals surface area contributed by atoms with Crippen molar-refractivity contribution < 1.29 is 0 Å². The number of para-hydroxylation sites is 2. The van der Waals surface area contributed by atoms with Crippen LogP contribution < -0.4 is 5.32 Å². The number of nitrogens with zero attached hydrogens (tertiary/aromatic N) is 5. The summed E-state index contributed by atoms with van der Waals surface area (Å²) in [6.45, 7) is 2.64. The van der Waals surface area contributed by atoms with Gasteiger partial charge in [-0.25, -0.2) is 9.97 Å². The first-order valence-electron chi connectivity index (χ1n) is 8.63. The molecule has 0 atom stereocenters. The molecule has 0 saturated heterocycles. The number of imidazole rings is 1. The molecule has 0 aliphatic rings. The summed E-state index contributed by atoms with van der Waals surface area (Å²) in [4.78, 5) is 19.4. The Labute approximate surface area is 159 Å². The summed E-state index contributed by atoms with van der Waals surface area (Å²) in [5.41, 5.74) is 5.71. The third kappa shape index (κ3) is 2.82. The quantitative estimate of drug-likeness (QED) is 0.508. The highest BCUT2D eigenvalue weighted by atomic mass is 32.1. The highest BCUT2D eigenvalue weighted by molar-refractivity contribution is 7.16. The molecule has 27 heavy (non-hydrogen) atoms. The maximum absolute atomic E-state index is 4.79. The second-order valence-corrected chi connectivity index (χ2v) is 7.03. The van der Waals surface area contributed by atoms with E-state index in [2.05, 4.69) is 27.4 Å². The van der Waals surface area contributed by atoms with E-state index in [4.69, 9.17) is 9.97 Å². The fourth-order valence-electron chi connectivity index (χ4n) is 3.15. The van der Waals surface area contributed by atoms with Crippen LogP contribution in [0, 0.1) is 6.92 Å². The van der Waals surface area contributed by atoms with Crippen LogP contribution in [-0.2, 0) is 6.54 Å². The summed E-state index contributed by atoms with van der Waals surface area (Å²) in [5, 5.41) is 3.42. The molecule has 0 bridgehead atoms. The van der Waals surface area contributed by atoms with Crippen molar-refractivity contribution in [2.24, 2.45) is 0 Å². The van der Waals surface area contributed by atoms with Crippen molar-refractivity contribution in [2.75, 3.05) is 5.32 Å². The zero-order chi connectivity index (χ0) is 18.2. The average molecular weight is 372 g/mol. The summed E-state index contributed by atoms with van der Waals surface area (Å²) >= 11 is 1.51. The number of hydrogen-bond acceptors (Lipinski definition) is 6. The van der Waals surface area contributed by atoms with Crippen LogP contribution >= 0.6 is 11.3 Å². The maximum atomic E-state index is 4.79. The van der Waals surface area contributed by atoms with Crippen molar-refractivity contribution in [3.63, 3.8) is 0 Å². The summed E-state index contributed by atoms with van der Waals surface area (Å²) in [5.74, 6) is 2.19. The molecule has 0 fully saturated rings. The lowest BCUT2D eigenvalue weighted by atomic mass is 10.2. The minimum Gasteiger partial charge on any atom is -0.364 e. The standard InChI is InChI=1S/C20H16N6S/c1-13-23-15-9-5-6-10-16(15)26(13)20-24-18(17-19(25-20)27-12-22-17)21-11-14-7-3-2-4-8-14/h2-10,12H,11H2,1H3,(H,21,24,25). The number of anilines is 1. The molecule has 132 valence electrons. The normalized spacial score (nSPS) is 11.3. The maximum Gasteiger partial charge on any atom is 0.239 e. The van der Waals surface area contributed by atoms with E-state index in [9.17, 15) is 0 Å². The van der Waals surface area contributed by atoms with Gasteiger partial charge in [-0.1, -0.05) is 42.5 Å². The van der Waals surface area contributed by atoms with E-state index in [1.165, 1.54) is 16.9 Å². The molecule has 1 N–H and O–H groups in total. The van der Waals surface area contributed by atoms with Gasteiger partial charge in [0.05, 0.1) is 16.5 Å². The first-order chi connectivity index (χ1) is 13.3. The van der Waals surface area contributed by atoms with E-state index in [1.54, 1.807) is 5.51 Å². The average Bonchev–Trinajstić information content (AvgIpc) is 3.30. The van der Waals surface area contributed by atoms with Crippen LogP contribution in [0.2, 0.25) is 0 Å². The summed E-state index contributed by atoms with van der Waals surface area (Å²) < 4.78 is 1.99. The molecular formula is C20H16N6S. The molecule has 0 aliphatic carbocycles. The largest absolute Gasteiger partial charge is 0.364 e. The van der Waals surface area contributed by atoms with Gasteiger partial charge in [0.1, 0.15) is 11.3 Å². The van der Waals surface area contributed by atoms with Gasteiger partial charge in [-0.2, -0.15) is 9.97 Å². The number of thiazole rings is 1. The lowest BCUT2D eigenvalue weighted by Gasteiger charge is -2.10. The van der Waals surface area contributed by atoms with Gasteiger partial charge < -0.3 is 5.32 Å². The van der Waals surface area contributed by atoms with E-state index in [-0.39, 0.29) is 0 Å². The van der Waals surface area contributed by atoms with E-state index in [0.29, 0.717) is 12.5 Å². The highest BCUT2D eigenvalue weighted by Gasteiger charge is 2.15. The van der Waals surface area contributed by atoms with E-state index >= 15 is 0 Å². The summed E-state index contributed by atoms with van der Waals surface area (Å²) in [6, 6.07) is 18.3. The van der Waals surface area contributed by atoms with Crippen molar-refractivity contribution in [3.05, 3.63) is 71.5 Å². The van der Waals surface area contributed by atoms with Gasteiger partial charge in [0, 0.05) is 6.54 Å². The zero-order valence-corrected chi connectivity index (χ0v) is 15.4. The number of rotatable bonds is 4. The van der Waals surface area contributed by atoms with Crippen molar-refractivity contribution >= 4 is 38.5 Å². The number of fused-ring (bicyclic) bond motifs is 2. The van der Waals surface area contributed by atoms with Crippen molar-refractivity contribution in [3.8, 4) is 5.95 Å². The molecule has 5 aromatic rings. The summed E-state index contributed by atoms with van der Waals surface area (Å²) in [7, 11) is 0. The smallest absolute Gasteiger partial charge is 0.239 e. The summed E-state index contributed by atoms with van der Waals surface area (Å²) in [6.07, 6.45) is 0. The Morgan fingerprint density at radius 3 is 2.67 bits per heavy atom. The van der Waals surface area contributed by atoms with Crippen molar-refractivity contribution in [1.82, 2.24) is 24.5 Å². The van der Waals surface area contributed by atoms with Crippen molar-refractivity contribution in [2.45, 2.75) is 13.5 Å². The van der Waals surface area contributed by atoms with Gasteiger partial charge in [0.25, 0.3) is 0 Å². The van der Waals surface area contributed by atoms with Crippen LogP contribution in [0.4, 0.5) is 5.82 Å². The Kier molecular flexibility index (Phi) is 3.79. The highest BCUT2D eigenvalue weighted by Crippen LogP contribution is 2.26. The first-order valence-corrected chi connectivity index (χ1v) is 9.51. The molecule has 0 aliphatic heterocycles. The Morgan fingerprint density at radius 2 is 1.78 bits per heavy atom. The second kappa shape index (κ2) is 6.44.